The number of carbonyl (C=O) groups excluding carboxylic acids is 4. The van der Waals surface area contributed by atoms with Crippen LogP contribution in [0.3, 0.4) is 0 Å². The van der Waals surface area contributed by atoms with E-state index in [0.717, 1.165) is 17.0 Å². The number of fused-ring (bicyclic) bond motifs is 1. The van der Waals surface area contributed by atoms with Gasteiger partial charge in [-0.25, -0.2) is 9.69 Å². The Morgan fingerprint density at radius 3 is 2.00 bits per heavy atom. The van der Waals surface area contributed by atoms with Crippen molar-refractivity contribution < 1.29 is 33.8 Å². The third-order valence-corrected chi connectivity index (χ3v) is 6.35. The Hall–Kier alpha value is -6.04. The number of imide groups is 1. The maximum Gasteiger partial charge on any atom is 0.339 e. The number of hydrogen-bond acceptors (Lipinski definition) is 9. The molecule has 202 valence electrons. The van der Waals surface area contributed by atoms with Crippen molar-refractivity contribution >= 4 is 40.6 Å². The van der Waals surface area contributed by atoms with Gasteiger partial charge in [-0.1, -0.05) is 36.4 Å². The summed E-state index contributed by atoms with van der Waals surface area (Å²) in [5.41, 5.74) is -0.430. The minimum atomic E-state index is -1.47. The van der Waals surface area contributed by atoms with Crippen LogP contribution in [0.5, 0.6) is 0 Å². The summed E-state index contributed by atoms with van der Waals surface area (Å²) >= 11 is 0. The summed E-state index contributed by atoms with van der Waals surface area (Å²) in [6, 6.07) is 21.6. The summed E-state index contributed by atoms with van der Waals surface area (Å²) in [5, 5.41) is 22.2. The molecule has 0 fully saturated rings. The lowest BCUT2D eigenvalue weighted by atomic mass is 9.99. The number of anilines is 1. The monoisotopic (exact) mass is 551 g/mol. The Labute approximate surface area is 230 Å². The fraction of sp³-hybridized carbons (Fsp3) is 0.0345. The highest BCUT2D eigenvalue weighted by Crippen LogP contribution is 2.32. The molecule has 12 heteroatoms. The third kappa shape index (κ3) is 5.04. The topological polar surface area (TPSA) is 167 Å². The van der Waals surface area contributed by atoms with E-state index < -0.39 is 39.5 Å². The van der Waals surface area contributed by atoms with E-state index in [-0.39, 0.29) is 44.9 Å². The van der Waals surface area contributed by atoms with Crippen molar-refractivity contribution in [1.82, 2.24) is 0 Å². The minimum absolute atomic E-state index is 0.0128. The van der Waals surface area contributed by atoms with E-state index in [1.165, 1.54) is 66.7 Å². The van der Waals surface area contributed by atoms with E-state index in [4.69, 9.17) is 4.74 Å². The van der Waals surface area contributed by atoms with Crippen LogP contribution < -0.4 is 4.90 Å². The molecule has 0 bridgehead atoms. The van der Waals surface area contributed by atoms with Gasteiger partial charge in [0.15, 0.2) is 6.10 Å². The zero-order valence-corrected chi connectivity index (χ0v) is 20.8. The van der Waals surface area contributed by atoms with Gasteiger partial charge >= 0.3 is 5.97 Å². The highest BCUT2D eigenvalue weighted by atomic mass is 16.6. The lowest BCUT2D eigenvalue weighted by molar-refractivity contribution is -0.385. The fourth-order valence-electron chi connectivity index (χ4n) is 4.32. The molecule has 0 unspecified atom stereocenters. The molecular weight excluding hydrogens is 534 g/mol. The fourth-order valence-corrected chi connectivity index (χ4v) is 4.32. The first kappa shape index (κ1) is 26.6. The SMILES string of the molecule is O=C(O[C@@H](C(=O)c1ccccc1)c1ccc([N+](=O)[O-])cc1)c1ccc2c(c1)C(=O)N(c1cccc([N+](=O)[O-])c1)C2=O. The number of ketones is 1. The number of non-ortho nitro benzene ring substituents is 2. The number of rotatable bonds is 8. The summed E-state index contributed by atoms with van der Waals surface area (Å²) < 4.78 is 5.57. The lowest BCUT2D eigenvalue weighted by Crippen LogP contribution is -2.29. The van der Waals surface area contributed by atoms with Gasteiger partial charge in [-0.05, 0) is 36.4 Å². The van der Waals surface area contributed by atoms with Crippen LogP contribution in [0.1, 0.15) is 53.1 Å². The van der Waals surface area contributed by atoms with Crippen molar-refractivity contribution in [1.29, 1.82) is 0 Å². The number of benzene rings is 4. The van der Waals surface area contributed by atoms with Gasteiger partial charge in [0.05, 0.1) is 32.2 Å². The summed E-state index contributed by atoms with van der Waals surface area (Å²) in [6.45, 7) is 0. The predicted molar refractivity (Wildman–Crippen MR) is 143 cm³/mol. The van der Waals surface area contributed by atoms with Crippen molar-refractivity contribution in [3.63, 3.8) is 0 Å². The van der Waals surface area contributed by atoms with E-state index >= 15 is 0 Å². The van der Waals surface area contributed by atoms with Gasteiger partial charge in [-0.15, -0.1) is 0 Å². The van der Waals surface area contributed by atoms with E-state index in [9.17, 15) is 39.4 Å². The summed E-state index contributed by atoms with van der Waals surface area (Å²) in [4.78, 5) is 74.4. The van der Waals surface area contributed by atoms with Gasteiger partial charge < -0.3 is 4.74 Å². The standard InChI is InChI=1S/C29H17N3O9/c33-25(17-5-2-1-3-6-17)26(18-9-12-20(13-10-18)31(37)38)41-29(36)19-11-14-23-24(15-19)28(35)30(27(23)34)21-7-4-8-22(16-21)32(39)40/h1-16,26H/t26-/m1/s1. The van der Waals surface area contributed by atoms with Crippen LogP contribution in [-0.2, 0) is 4.74 Å². The lowest BCUT2D eigenvalue weighted by Gasteiger charge is -2.17. The number of hydrogen-bond donors (Lipinski definition) is 0. The smallest absolute Gasteiger partial charge is 0.339 e. The Morgan fingerprint density at radius 1 is 0.683 bits per heavy atom. The molecule has 1 aliphatic heterocycles. The van der Waals surface area contributed by atoms with Gasteiger partial charge in [-0.2, -0.15) is 0 Å². The maximum absolute atomic E-state index is 13.3. The van der Waals surface area contributed by atoms with Gasteiger partial charge in [0.25, 0.3) is 23.2 Å². The summed E-state index contributed by atoms with van der Waals surface area (Å²) in [7, 11) is 0. The summed E-state index contributed by atoms with van der Waals surface area (Å²) in [6.07, 6.45) is -1.47. The van der Waals surface area contributed by atoms with Crippen LogP contribution in [0.15, 0.2) is 97.1 Å². The number of amides is 2. The number of nitro benzene ring substituents is 2. The van der Waals surface area contributed by atoms with E-state index in [1.807, 2.05) is 0 Å². The van der Waals surface area contributed by atoms with Crippen LogP contribution in [0, 0.1) is 20.2 Å². The molecule has 1 aliphatic rings. The number of carbonyl (C=O) groups is 4. The Kier molecular flexibility index (Phi) is 6.88. The van der Waals surface area contributed by atoms with E-state index in [1.54, 1.807) is 18.2 Å². The van der Waals surface area contributed by atoms with Crippen LogP contribution >= 0.6 is 0 Å². The molecule has 0 saturated carbocycles. The molecule has 1 atom stereocenters. The van der Waals surface area contributed by atoms with Crippen molar-refractivity contribution in [3.05, 3.63) is 145 Å². The van der Waals surface area contributed by atoms with Crippen molar-refractivity contribution in [2.45, 2.75) is 6.10 Å². The highest BCUT2D eigenvalue weighted by molar-refractivity contribution is 6.34. The average Bonchev–Trinajstić information content (AvgIpc) is 3.24. The molecule has 4 aromatic carbocycles. The van der Waals surface area contributed by atoms with Crippen LogP contribution in [0.2, 0.25) is 0 Å². The molecule has 2 amide bonds. The molecule has 12 nitrogen and oxygen atoms in total. The van der Waals surface area contributed by atoms with Crippen molar-refractivity contribution in [3.8, 4) is 0 Å². The first-order chi connectivity index (χ1) is 19.7. The normalized spacial score (nSPS) is 12.9. The molecule has 0 spiro atoms. The van der Waals surface area contributed by atoms with Gasteiger partial charge in [0.2, 0.25) is 5.78 Å². The van der Waals surface area contributed by atoms with Crippen molar-refractivity contribution in [2.24, 2.45) is 0 Å². The molecule has 4 aromatic rings. The van der Waals surface area contributed by atoms with Crippen LogP contribution in [-0.4, -0.2) is 33.4 Å². The first-order valence-electron chi connectivity index (χ1n) is 12.0. The second-order valence-electron chi connectivity index (χ2n) is 8.85. The molecule has 41 heavy (non-hydrogen) atoms. The highest BCUT2D eigenvalue weighted by Gasteiger charge is 2.38. The molecule has 0 aliphatic carbocycles. The Balaban J connectivity index is 1.45. The molecule has 1 heterocycles. The largest absolute Gasteiger partial charge is 0.445 e. The number of Topliss-reactive ketones (excluding diaryl/α,β-unsaturated/α-hetero) is 1. The van der Waals surface area contributed by atoms with Crippen LogP contribution in [0.25, 0.3) is 0 Å². The Morgan fingerprint density at radius 2 is 1.34 bits per heavy atom. The van der Waals surface area contributed by atoms with Crippen LogP contribution in [0.4, 0.5) is 17.1 Å². The summed E-state index contributed by atoms with van der Waals surface area (Å²) in [5.74, 6) is -3.10. The third-order valence-electron chi connectivity index (χ3n) is 6.35. The number of nitro groups is 2. The van der Waals surface area contributed by atoms with Crippen molar-refractivity contribution in [2.75, 3.05) is 4.90 Å². The van der Waals surface area contributed by atoms with Gasteiger partial charge in [0, 0.05) is 35.4 Å². The minimum Gasteiger partial charge on any atom is -0.445 e. The molecule has 5 rings (SSSR count). The predicted octanol–water partition coefficient (Wildman–Crippen LogP) is 5.08. The molecule has 0 N–H and O–H groups in total. The second-order valence-corrected chi connectivity index (χ2v) is 8.85. The number of nitrogens with zero attached hydrogens (tertiary/aromatic N) is 3. The van der Waals surface area contributed by atoms with Gasteiger partial charge in [0.1, 0.15) is 0 Å². The quantitative estimate of drug-likeness (QED) is 0.0953. The maximum atomic E-state index is 13.3. The molecule has 0 aromatic heterocycles. The number of ether oxygens (including phenoxy) is 1. The average molecular weight is 551 g/mol. The molecule has 0 radical (unpaired) electrons. The van der Waals surface area contributed by atoms with Gasteiger partial charge in [-0.3, -0.25) is 34.6 Å². The Bertz CT molecular complexity index is 1750. The van der Waals surface area contributed by atoms with E-state index in [2.05, 4.69) is 0 Å². The van der Waals surface area contributed by atoms with E-state index in [0.29, 0.717) is 0 Å². The second kappa shape index (κ2) is 10.6. The molecular formula is C29H17N3O9. The first-order valence-corrected chi connectivity index (χ1v) is 12.0. The molecule has 0 saturated heterocycles. The number of esters is 1. The zero-order valence-electron chi connectivity index (χ0n) is 20.8. The zero-order chi connectivity index (χ0) is 29.3.